The molecule has 2 nitrogen and oxygen atoms in total. The SMILES string of the molecule is Cc1ccc2[nH]c(-c3ccc(C)nc3)cc2c1. The second-order valence-corrected chi connectivity index (χ2v) is 4.46. The summed E-state index contributed by atoms with van der Waals surface area (Å²) in [4.78, 5) is 7.74. The first-order valence-corrected chi connectivity index (χ1v) is 5.75. The van der Waals surface area contributed by atoms with Crippen LogP contribution >= 0.6 is 0 Å². The molecular formula is C15H14N2. The van der Waals surface area contributed by atoms with E-state index >= 15 is 0 Å². The van der Waals surface area contributed by atoms with Gasteiger partial charge in [0.2, 0.25) is 0 Å². The molecule has 0 saturated carbocycles. The van der Waals surface area contributed by atoms with Crippen molar-refractivity contribution in [2.75, 3.05) is 0 Å². The van der Waals surface area contributed by atoms with Crippen LogP contribution < -0.4 is 0 Å². The third-order valence-electron chi connectivity index (χ3n) is 3.00. The second kappa shape index (κ2) is 3.74. The highest BCUT2D eigenvalue weighted by Crippen LogP contribution is 2.24. The van der Waals surface area contributed by atoms with Crippen LogP contribution in [0.25, 0.3) is 22.2 Å². The summed E-state index contributed by atoms with van der Waals surface area (Å²) in [5.74, 6) is 0. The summed E-state index contributed by atoms with van der Waals surface area (Å²) in [7, 11) is 0. The summed E-state index contributed by atoms with van der Waals surface area (Å²) in [5, 5.41) is 1.25. The fourth-order valence-corrected chi connectivity index (χ4v) is 2.03. The first-order valence-electron chi connectivity index (χ1n) is 5.75. The van der Waals surface area contributed by atoms with Crippen molar-refractivity contribution in [3.63, 3.8) is 0 Å². The van der Waals surface area contributed by atoms with Gasteiger partial charge >= 0.3 is 0 Å². The van der Waals surface area contributed by atoms with Crippen molar-refractivity contribution in [1.82, 2.24) is 9.97 Å². The minimum absolute atomic E-state index is 1.04. The van der Waals surface area contributed by atoms with Gasteiger partial charge in [-0.25, -0.2) is 0 Å². The van der Waals surface area contributed by atoms with Gasteiger partial charge in [0.05, 0.1) is 0 Å². The Morgan fingerprint density at radius 1 is 1.00 bits per heavy atom. The van der Waals surface area contributed by atoms with Crippen LogP contribution in [-0.4, -0.2) is 9.97 Å². The molecule has 0 radical (unpaired) electrons. The first-order chi connectivity index (χ1) is 8.22. The highest BCUT2D eigenvalue weighted by Gasteiger charge is 2.03. The molecule has 0 atom stereocenters. The topological polar surface area (TPSA) is 28.7 Å². The average Bonchev–Trinajstić information content (AvgIpc) is 2.72. The number of aryl methyl sites for hydroxylation is 2. The molecule has 0 aliphatic heterocycles. The molecule has 0 bridgehead atoms. The number of pyridine rings is 1. The van der Waals surface area contributed by atoms with Gasteiger partial charge in [0.1, 0.15) is 0 Å². The van der Waals surface area contributed by atoms with Gasteiger partial charge in [-0.2, -0.15) is 0 Å². The Bertz CT molecular complexity index is 663. The lowest BCUT2D eigenvalue weighted by Gasteiger charge is -1.97. The summed E-state index contributed by atoms with van der Waals surface area (Å²) in [6.07, 6.45) is 1.91. The largest absolute Gasteiger partial charge is 0.354 e. The Morgan fingerprint density at radius 3 is 2.65 bits per heavy atom. The Hall–Kier alpha value is -2.09. The van der Waals surface area contributed by atoms with E-state index < -0.39 is 0 Å². The lowest BCUT2D eigenvalue weighted by molar-refractivity contribution is 1.20. The zero-order chi connectivity index (χ0) is 11.8. The number of hydrogen-bond acceptors (Lipinski definition) is 1. The second-order valence-electron chi connectivity index (χ2n) is 4.46. The maximum atomic E-state index is 4.32. The smallest absolute Gasteiger partial charge is 0.0480 e. The standard InChI is InChI=1S/C15H14N2/c1-10-3-6-14-13(7-10)8-15(17-14)12-5-4-11(2)16-9-12/h3-9,17H,1-2H3. The number of hydrogen-bond donors (Lipinski definition) is 1. The molecule has 0 aliphatic rings. The van der Waals surface area contributed by atoms with E-state index in [1.165, 1.54) is 16.5 Å². The van der Waals surface area contributed by atoms with E-state index in [0.29, 0.717) is 0 Å². The highest BCUT2D eigenvalue weighted by atomic mass is 14.7. The fraction of sp³-hybridized carbons (Fsp3) is 0.133. The van der Waals surface area contributed by atoms with Crippen LogP contribution in [0.15, 0.2) is 42.6 Å². The lowest BCUT2D eigenvalue weighted by Crippen LogP contribution is -1.82. The number of H-pyrrole nitrogens is 1. The molecule has 0 aliphatic carbocycles. The van der Waals surface area contributed by atoms with Gasteiger partial charge in [-0.1, -0.05) is 11.6 Å². The van der Waals surface area contributed by atoms with E-state index in [2.05, 4.69) is 47.2 Å². The minimum Gasteiger partial charge on any atom is -0.354 e. The number of aromatic nitrogens is 2. The van der Waals surface area contributed by atoms with Crippen molar-refractivity contribution in [3.05, 3.63) is 53.9 Å². The zero-order valence-corrected chi connectivity index (χ0v) is 9.99. The summed E-state index contributed by atoms with van der Waals surface area (Å²) in [5.41, 5.74) is 5.75. The molecule has 3 rings (SSSR count). The van der Waals surface area contributed by atoms with Gasteiger partial charge < -0.3 is 4.98 Å². The Kier molecular flexibility index (Phi) is 2.22. The van der Waals surface area contributed by atoms with Crippen LogP contribution in [0.1, 0.15) is 11.3 Å². The normalized spacial score (nSPS) is 10.9. The maximum absolute atomic E-state index is 4.32. The molecule has 2 aromatic heterocycles. The third kappa shape index (κ3) is 1.82. The first kappa shape index (κ1) is 10.1. The summed E-state index contributed by atoms with van der Waals surface area (Å²) >= 11 is 0. The van der Waals surface area contributed by atoms with Gasteiger partial charge in [-0.15, -0.1) is 0 Å². The molecule has 2 heterocycles. The Balaban J connectivity index is 2.14. The van der Waals surface area contributed by atoms with Gasteiger partial charge in [0.15, 0.2) is 0 Å². The van der Waals surface area contributed by atoms with Gasteiger partial charge in [-0.3, -0.25) is 4.98 Å². The van der Waals surface area contributed by atoms with E-state index in [9.17, 15) is 0 Å². The molecular weight excluding hydrogens is 208 g/mol. The van der Waals surface area contributed by atoms with Crippen LogP contribution in [0.3, 0.4) is 0 Å². The molecule has 3 aromatic rings. The predicted molar refractivity (Wildman–Crippen MR) is 71.0 cm³/mol. The van der Waals surface area contributed by atoms with Crippen LogP contribution in [0.5, 0.6) is 0 Å². The van der Waals surface area contributed by atoms with Gasteiger partial charge in [0, 0.05) is 34.1 Å². The molecule has 17 heavy (non-hydrogen) atoms. The van der Waals surface area contributed by atoms with Crippen LogP contribution in [0.2, 0.25) is 0 Å². The molecule has 0 unspecified atom stereocenters. The van der Waals surface area contributed by atoms with Crippen molar-refractivity contribution in [2.45, 2.75) is 13.8 Å². The van der Waals surface area contributed by atoms with E-state index in [-0.39, 0.29) is 0 Å². The number of nitrogens with zero attached hydrogens (tertiary/aromatic N) is 1. The molecule has 0 amide bonds. The summed E-state index contributed by atoms with van der Waals surface area (Å²) < 4.78 is 0. The molecule has 1 aromatic carbocycles. The molecule has 84 valence electrons. The van der Waals surface area contributed by atoms with E-state index in [0.717, 1.165) is 17.0 Å². The van der Waals surface area contributed by atoms with Crippen molar-refractivity contribution >= 4 is 10.9 Å². The van der Waals surface area contributed by atoms with Crippen molar-refractivity contribution in [2.24, 2.45) is 0 Å². The number of nitrogens with one attached hydrogen (secondary N) is 1. The highest BCUT2D eigenvalue weighted by molar-refractivity contribution is 5.86. The molecule has 0 spiro atoms. The predicted octanol–water partition coefficient (Wildman–Crippen LogP) is 3.85. The van der Waals surface area contributed by atoms with Crippen molar-refractivity contribution in [3.8, 4) is 11.3 Å². The number of aromatic amines is 1. The van der Waals surface area contributed by atoms with E-state index in [1.54, 1.807) is 0 Å². The third-order valence-corrected chi connectivity index (χ3v) is 3.00. The molecule has 2 heteroatoms. The van der Waals surface area contributed by atoms with Gasteiger partial charge in [-0.05, 0) is 44.2 Å². The van der Waals surface area contributed by atoms with Crippen LogP contribution in [-0.2, 0) is 0 Å². The maximum Gasteiger partial charge on any atom is 0.0480 e. The van der Waals surface area contributed by atoms with Crippen LogP contribution in [0.4, 0.5) is 0 Å². The quantitative estimate of drug-likeness (QED) is 0.665. The summed E-state index contributed by atoms with van der Waals surface area (Å²) in [6, 6.07) is 12.7. The monoisotopic (exact) mass is 222 g/mol. The number of rotatable bonds is 1. The van der Waals surface area contributed by atoms with Crippen LogP contribution in [0, 0.1) is 13.8 Å². The van der Waals surface area contributed by atoms with E-state index in [1.807, 2.05) is 19.2 Å². The Labute approximate surface area is 100 Å². The Morgan fingerprint density at radius 2 is 1.88 bits per heavy atom. The van der Waals surface area contributed by atoms with E-state index in [4.69, 9.17) is 0 Å². The van der Waals surface area contributed by atoms with Crippen molar-refractivity contribution in [1.29, 1.82) is 0 Å². The number of fused-ring (bicyclic) bond motifs is 1. The molecule has 0 saturated heterocycles. The van der Waals surface area contributed by atoms with Gasteiger partial charge in [0.25, 0.3) is 0 Å². The molecule has 1 N–H and O–H groups in total. The minimum atomic E-state index is 1.04. The fourth-order valence-electron chi connectivity index (χ4n) is 2.03. The zero-order valence-electron chi connectivity index (χ0n) is 9.99. The lowest BCUT2D eigenvalue weighted by atomic mass is 10.1. The number of benzene rings is 1. The van der Waals surface area contributed by atoms with Crippen molar-refractivity contribution < 1.29 is 0 Å². The molecule has 0 fully saturated rings. The average molecular weight is 222 g/mol. The summed E-state index contributed by atoms with van der Waals surface area (Å²) in [6.45, 7) is 4.11.